The van der Waals surface area contributed by atoms with Crippen molar-refractivity contribution in [1.82, 2.24) is 0 Å². The van der Waals surface area contributed by atoms with Gasteiger partial charge in [-0.3, -0.25) is 0 Å². The fourth-order valence-electron chi connectivity index (χ4n) is 2.06. The molecule has 20 heavy (non-hydrogen) atoms. The van der Waals surface area contributed by atoms with Crippen molar-refractivity contribution in [2.24, 2.45) is 0 Å². The highest BCUT2D eigenvalue weighted by Crippen LogP contribution is 2.37. The van der Waals surface area contributed by atoms with Crippen LogP contribution < -0.4 is 5.46 Å². The summed E-state index contributed by atoms with van der Waals surface area (Å²) in [5.74, 6) is -1.36. The lowest BCUT2D eigenvalue weighted by molar-refractivity contribution is 0.00578. The molecule has 1 aromatic carbocycles. The summed E-state index contributed by atoms with van der Waals surface area (Å²) < 4.78 is 44.7. The van der Waals surface area contributed by atoms with E-state index in [9.17, 15) is 8.78 Å². The molecule has 2 rings (SSSR count). The molecule has 1 aliphatic rings. The van der Waals surface area contributed by atoms with E-state index in [0.717, 1.165) is 0 Å². The molecule has 0 saturated carbocycles. The highest BCUT2D eigenvalue weighted by molar-refractivity contribution is 6.62. The van der Waals surface area contributed by atoms with E-state index in [0.29, 0.717) is 0 Å². The van der Waals surface area contributed by atoms with E-state index in [1.165, 1.54) is 19.2 Å². The van der Waals surface area contributed by atoms with E-state index in [1.54, 1.807) is 0 Å². The Morgan fingerprint density at radius 3 is 2.15 bits per heavy atom. The molecule has 1 aromatic rings. The van der Waals surface area contributed by atoms with Crippen molar-refractivity contribution in [3.05, 3.63) is 29.3 Å². The third-order valence-electron chi connectivity index (χ3n) is 4.00. The number of rotatable bonds is 3. The molecule has 3 nitrogen and oxygen atoms in total. The number of benzene rings is 1. The molecule has 6 heteroatoms. The van der Waals surface area contributed by atoms with E-state index in [-0.39, 0.29) is 17.6 Å². The first-order valence-corrected chi connectivity index (χ1v) is 6.51. The zero-order chi connectivity index (χ0) is 15.1. The maximum Gasteiger partial charge on any atom is 0.500 e. The normalized spacial score (nSPS) is 20.4. The van der Waals surface area contributed by atoms with Crippen LogP contribution >= 0.6 is 0 Å². The molecular formula is C14H19BF2O3. The first-order chi connectivity index (χ1) is 9.19. The van der Waals surface area contributed by atoms with Gasteiger partial charge in [-0.05, 0) is 33.8 Å². The second-order valence-corrected chi connectivity index (χ2v) is 5.96. The van der Waals surface area contributed by atoms with E-state index >= 15 is 0 Å². The minimum atomic E-state index is -1.06. The van der Waals surface area contributed by atoms with Gasteiger partial charge in [0.2, 0.25) is 0 Å². The lowest BCUT2D eigenvalue weighted by Gasteiger charge is -2.32. The Kier molecular flexibility index (Phi) is 3.93. The van der Waals surface area contributed by atoms with Crippen LogP contribution in [0, 0.1) is 11.6 Å². The molecule has 110 valence electrons. The van der Waals surface area contributed by atoms with Crippen molar-refractivity contribution in [2.75, 3.05) is 7.11 Å². The summed E-state index contributed by atoms with van der Waals surface area (Å²) in [6.45, 7) is 7.41. The van der Waals surface area contributed by atoms with Crippen molar-refractivity contribution < 1.29 is 22.8 Å². The molecule has 1 heterocycles. The monoisotopic (exact) mass is 284 g/mol. The molecule has 0 spiro atoms. The first-order valence-electron chi connectivity index (χ1n) is 6.51. The summed E-state index contributed by atoms with van der Waals surface area (Å²) in [5, 5.41) is 0. The summed E-state index contributed by atoms with van der Waals surface area (Å²) in [5.41, 5.74) is -1.21. The Bertz CT molecular complexity index is 501. The lowest BCUT2D eigenvalue weighted by atomic mass is 9.77. The smallest absolute Gasteiger partial charge is 0.399 e. The maximum atomic E-state index is 14.4. The van der Waals surface area contributed by atoms with Gasteiger partial charge < -0.3 is 14.0 Å². The summed E-state index contributed by atoms with van der Waals surface area (Å²) in [7, 11) is 0.397. The number of hydrogen-bond donors (Lipinski definition) is 0. The predicted molar refractivity (Wildman–Crippen MR) is 72.8 cm³/mol. The third kappa shape index (κ3) is 2.48. The minimum Gasteiger partial charge on any atom is -0.399 e. The molecule has 0 unspecified atom stereocenters. The van der Waals surface area contributed by atoms with Crippen LogP contribution in [0.2, 0.25) is 0 Å². The minimum absolute atomic E-state index is 0.0681. The lowest BCUT2D eigenvalue weighted by Crippen LogP contribution is -2.41. The molecule has 0 radical (unpaired) electrons. The second-order valence-electron chi connectivity index (χ2n) is 5.96. The average molecular weight is 284 g/mol. The van der Waals surface area contributed by atoms with Crippen molar-refractivity contribution in [1.29, 1.82) is 0 Å². The van der Waals surface area contributed by atoms with Crippen LogP contribution in [0.1, 0.15) is 33.3 Å². The average Bonchev–Trinajstić information content (AvgIpc) is 2.52. The topological polar surface area (TPSA) is 27.7 Å². The van der Waals surface area contributed by atoms with Crippen molar-refractivity contribution >= 4 is 12.6 Å². The Hall–Kier alpha value is -0.975. The summed E-state index contributed by atoms with van der Waals surface area (Å²) in [6.07, 6.45) is 0. The van der Waals surface area contributed by atoms with E-state index < -0.39 is 30.0 Å². The quantitative estimate of drug-likeness (QED) is 0.798. The molecule has 0 aliphatic carbocycles. The number of methoxy groups -OCH3 is 1. The second kappa shape index (κ2) is 5.09. The fourth-order valence-corrected chi connectivity index (χ4v) is 2.06. The van der Waals surface area contributed by atoms with Crippen LogP contribution in [-0.4, -0.2) is 25.4 Å². The van der Waals surface area contributed by atoms with Gasteiger partial charge in [0.1, 0.15) is 11.6 Å². The Balaban J connectivity index is 2.42. The van der Waals surface area contributed by atoms with Crippen LogP contribution in [-0.2, 0) is 20.7 Å². The van der Waals surface area contributed by atoms with Gasteiger partial charge >= 0.3 is 7.12 Å². The fraction of sp³-hybridized carbons (Fsp3) is 0.571. The van der Waals surface area contributed by atoms with Crippen LogP contribution in [0.15, 0.2) is 12.1 Å². The largest absolute Gasteiger partial charge is 0.500 e. The Morgan fingerprint density at radius 1 is 1.10 bits per heavy atom. The molecule has 1 aliphatic heterocycles. The maximum absolute atomic E-state index is 14.4. The van der Waals surface area contributed by atoms with Gasteiger partial charge in [-0.25, -0.2) is 8.78 Å². The van der Waals surface area contributed by atoms with E-state index in [1.807, 2.05) is 27.7 Å². The van der Waals surface area contributed by atoms with Crippen LogP contribution in [0.4, 0.5) is 8.78 Å². The number of hydrogen-bond acceptors (Lipinski definition) is 3. The van der Waals surface area contributed by atoms with Gasteiger partial charge in [0, 0.05) is 12.7 Å². The van der Waals surface area contributed by atoms with Gasteiger partial charge in [0.05, 0.1) is 23.3 Å². The molecule has 0 bridgehead atoms. The molecule has 1 fully saturated rings. The molecule has 0 aromatic heterocycles. The standard InChI is InChI=1S/C14H19BF2O3/c1-13(2)14(3,4)20-15(19-13)11-10(16)7-6-9(8-18-5)12(11)17/h6-7H,8H2,1-5H3. The zero-order valence-corrected chi connectivity index (χ0v) is 12.4. The molecule has 1 saturated heterocycles. The van der Waals surface area contributed by atoms with E-state index in [2.05, 4.69) is 0 Å². The predicted octanol–water partition coefficient (Wildman–Crippen LogP) is 2.41. The Labute approximate surface area is 118 Å². The molecular weight excluding hydrogens is 265 g/mol. The third-order valence-corrected chi connectivity index (χ3v) is 4.00. The van der Waals surface area contributed by atoms with Crippen molar-refractivity contribution in [3.63, 3.8) is 0 Å². The number of halogens is 2. The van der Waals surface area contributed by atoms with Crippen LogP contribution in [0.5, 0.6) is 0 Å². The summed E-state index contributed by atoms with van der Waals surface area (Å²) >= 11 is 0. The first kappa shape index (κ1) is 15.4. The zero-order valence-electron chi connectivity index (χ0n) is 12.4. The highest BCUT2D eigenvalue weighted by atomic mass is 19.1. The van der Waals surface area contributed by atoms with E-state index in [4.69, 9.17) is 14.0 Å². The van der Waals surface area contributed by atoms with Gasteiger partial charge in [-0.15, -0.1) is 0 Å². The van der Waals surface area contributed by atoms with Crippen LogP contribution in [0.3, 0.4) is 0 Å². The van der Waals surface area contributed by atoms with Crippen LogP contribution in [0.25, 0.3) is 0 Å². The van der Waals surface area contributed by atoms with Gasteiger partial charge in [0.25, 0.3) is 0 Å². The Morgan fingerprint density at radius 2 is 1.65 bits per heavy atom. The highest BCUT2D eigenvalue weighted by Gasteiger charge is 2.53. The summed E-state index contributed by atoms with van der Waals surface area (Å²) in [4.78, 5) is 0. The number of ether oxygens (including phenoxy) is 1. The molecule has 0 amide bonds. The van der Waals surface area contributed by atoms with Crippen molar-refractivity contribution in [3.8, 4) is 0 Å². The molecule has 0 atom stereocenters. The van der Waals surface area contributed by atoms with Crippen molar-refractivity contribution in [2.45, 2.75) is 45.5 Å². The van der Waals surface area contributed by atoms with Gasteiger partial charge in [-0.2, -0.15) is 0 Å². The van der Waals surface area contributed by atoms with Gasteiger partial charge in [-0.1, -0.05) is 6.07 Å². The van der Waals surface area contributed by atoms with Gasteiger partial charge in [0.15, 0.2) is 0 Å². The molecule has 0 N–H and O–H groups in total. The summed E-state index contributed by atoms with van der Waals surface area (Å²) in [6, 6.07) is 2.57. The SMILES string of the molecule is COCc1ccc(F)c(B2OC(C)(C)C(C)(C)O2)c1F.